The summed E-state index contributed by atoms with van der Waals surface area (Å²) in [6.45, 7) is 11.9. The molecule has 0 spiro atoms. The van der Waals surface area contributed by atoms with Crippen LogP contribution >= 0.6 is 0 Å². The topological polar surface area (TPSA) is 0 Å². The summed E-state index contributed by atoms with van der Waals surface area (Å²) in [6, 6.07) is 0. The van der Waals surface area contributed by atoms with Gasteiger partial charge in [0.05, 0.1) is 0 Å². The molecule has 19 heavy (non-hydrogen) atoms. The van der Waals surface area contributed by atoms with Crippen molar-refractivity contribution in [1.82, 2.24) is 0 Å². The first-order chi connectivity index (χ1) is 9.13. The highest BCUT2D eigenvalue weighted by Crippen LogP contribution is 2.29. The molecule has 0 saturated carbocycles. The average Bonchev–Trinajstić information content (AvgIpc) is 2.40. The molecule has 0 nitrogen and oxygen atoms in total. The molecular formula is C19H40. The molecule has 2 atom stereocenters. The van der Waals surface area contributed by atoms with E-state index in [1.54, 1.807) is 0 Å². The zero-order chi connectivity index (χ0) is 14.5. The monoisotopic (exact) mass is 268 g/mol. The Morgan fingerprint density at radius 2 is 1.05 bits per heavy atom. The van der Waals surface area contributed by atoms with E-state index in [0.29, 0.717) is 0 Å². The van der Waals surface area contributed by atoms with E-state index < -0.39 is 0 Å². The van der Waals surface area contributed by atoms with Gasteiger partial charge in [-0.05, 0) is 17.8 Å². The third kappa shape index (κ3) is 10.4. The van der Waals surface area contributed by atoms with Gasteiger partial charge in [0.2, 0.25) is 0 Å². The van der Waals surface area contributed by atoms with Crippen LogP contribution in [0.5, 0.6) is 0 Å². The molecule has 0 heteroatoms. The van der Waals surface area contributed by atoms with Crippen LogP contribution in [0.3, 0.4) is 0 Å². The fraction of sp³-hybridized carbons (Fsp3) is 1.00. The van der Waals surface area contributed by atoms with Crippen LogP contribution < -0.4 is 0 Å². The first-order valence-corrected chi connectivity index (χ1v) is 9.13. The summed E-state index contributed by atoms with van der Waals surface area (Å²) in [6.07, 6.45) is 15.9. The van der Waals surface area contributed by atoms with E-state index in [-0.39, 0.29) is 0 Å². The summed E-state index contributed by atoms with van der Waals surface area (Å²) in [4.78, 5) is 0. The van der Waals surface area contributed by atoms with Crippen molar-refractivity contribution in [2.75, 3.05) is 0 Å². The van der Waals surface area contributed by atoms with Crippen LogP contribution in [0.25, 0.3) is 0 Å². The van der Waals surface area contributed by atoms with E-state index in [2.05, 4.69) is 34.6 Å². The van der Waals surface area contributed by atoms with Crippen LogP contribution in [0.4, 0.5) is 0 Å². The lowest BCUT2D eigenvalue weighted by Crippen LogP contribution is -2.17. The molecule has 0 amide bonds. The van der Waals surface area contributed by atoms with Crippen molar-refractivity contribution >= 4 is 0 Å². The maximum absolute atomic E-state index is 2.48. The first-order valence-electron chi connectivity index (χ1n) is 9.13. The molecule has 116 valence electrons. The van der Waals surface area contributed by atoms with E-state index in [1.165, 1.54) is 70.6 Å². The maximum atomic E-state index is 2.48. The normalized spacial score (nSPS) is 14.8. The van der Waals surface area contributed by atoms with E-state index in [4.69, 9.17) is 0 Å². The molecule has 0 bridgehead atoms. The highest BCUT2D eigenvalue weighted by Gasteiger charge is 2.19. The zero-order valence-electron chi connectivity index (χ0n) is 14.5. The van der Waals surface area contributed by atoms with E-state index in [1.807, 2.05) is 0 Å². The predicted molar refractivity (Wildman–Crippen MR) is 89.6 cm³/mol. The van der Waals surface area contributed by atoms with Gasteiger partial charge in [0.15, 0.2) is 0 Å². The number of rotatable bonds is 13. The van der Waals surface area contributed by atoms with Crippen molar-refractivity contribution < 1.29 is 0 Å². The van der Waals surface area contributed by atoms with Gasteiger partial charge in [0.1, 0.15) is 0 Å². The second-order valence-corrected chi connectivity index (χ2v) is 6.92. The van der Waals surface area contributed by atoms with E-state index in [9.17, 15) is 0 Å². The lowest BCUT2D eigenvalue weighted by atomic mass is 9.79. The predicted octanol–water partition coefficient (Wildman–Crippen LogP) is 7.23. The summed E-state index contributed by atoms with van der Waals surface area (Å²) < 4.78 is 0. The average molecular weight is 269 g/mol. The van der Waals surface area contributed by atoms with Crippen LogP contribution in [-0.4, -0.2) is 0 Å². The molecule has 0 saturated heterocycles. The van der Waals surface area contributed by atoms with Gasteiger partial charge >= 0.3 is 0 Å². The van der Waals surface area contributed by atoms with Gasteiger partial charge in [-0.1, -0.05) is 105 Å². The SMILES string of the molecule is CCCCCCCCCC(CCCC)C(C)C(C)C. The molecule has 0 N–H and O–H groups in total. The lowest BCUT2D eigenvalue weighted by Gasteiger charge is -2.27. The van der Waals surface area contributed by atoms with Crippen LogP contribution in [0.1, 0.15) is 105 Å². The van der Waals surface area contributed by atoms with Crippen LogP contribution in [0.15, 0.2) is 0 Å². The van der Waals surface area contributed by atoms with Gasteiger partial charge in [-0.3, -0.25) is 0 Å². The van der Waals surface area contributed by atoms with Crippen molar-refractivity contribution in [3.05, 3.63) is 0 Å². The highest BCUT2D eigenvalue weighted by molar-refractivity contribution is 4.69. The van der Waals surface area contributed by atoms with Crippen molar-refractivity contribution in [2.45, 2.75) is 105 Å². The van der Waals surface area contributed by atoms with Crippen LogP contribution in [0.2, 0.25) is 0 Å². The Balaban J connectivity index is 3.73. The maximum Gasteiger partial charge on any atom is -0.0386 e. The fourth-order valence-corrected chi connectivity index (χ4v) is 3.04. The molecule has 0 rings (SSSR count). The molecule has 0 aromatic carbocycles. The van der Waals surface area contributed by atoms with E-state index >= 15 is 0 Å². The van der Waals surface area contributed by atoms with E-state index in [0.717, 1.165) is 17.8 Å². The molecule has 0 heterocycles. The first kappa shape index (κ1) is 19.0. The second kappa shape index (κ2) is 13.0. The van der Waals surface area contributed by atoms with Crippen LogP contribution in [-0.2, 0) is 0 Å². The minimum atomic E-state index is 0.853. The molecule has 0 aliphatic heterocycles. The van der Waals surface area contributed by atoms with Gasteiger partial charge in [0, 0.05) is 0 Å². The molecular weight excluding hydrogens is 228 g/mol. The Morgan fingerprint density at radius 1 is 0.579 bits per heavy atom. The van der Waals surface area contributed by atoms with Gasteiger partial charge in [0.25, 0.3) is 0 Å². The molecule has 0 radical (unpaired) electrons. The number of hydrogen-bond donors (Lipinski definition) is 0. The minimum absolute atomic E-state index is 0.853. The standard InChI is InChI=1S/C19H40/c1-6-8-10-11-12-13-14-16-19(15-9-7-2)18(5)17(3)4/h17-19H,6-16H2,1-5H3. The Kier molecular flexibility index (Phi) is 13.0. The Morgan fingerprint density at radius 3 is 1.58 bits per heavy atom. The fourth-order valence-electron chi connectivity index (χ4n) is 3.04. The summed E-state index contributed by atoms with van der Waals surface area (Å²) in [5, 5.41) is 0. The Bertz CT molecular complexity index is 171. The molecule has 0 aliphatic carbocycles. The smallest absolute Gasteiger partial charge is 0.0386 e. The van der Waals surface area contributed by atoms with Gasteiger partial charge in [-0.2, -0.15) is 0 Å². The minimum Gasteiger partial charge on any atom is -0.0654 e. The zero-order valence-corrected chi connectivity index (χ0v) is 14.5. The summed E-state index contributed by atoms with van der Waals surface area (Å²) >= 11 is 0. The van der Waals surface area contributed by atoms with Gasteiger partial charge in [-0.15, -0.1) is 0 Å². The third-order valence-corrected chi connectivity index (χ3v) is 4.90. The molecule has 2 unspecified atom stereocenters. The van der Waals surface area contributed by atoms with Crippen molar-refractivity contribution in [3.8, 4) is 0 Å². The molecule has 0 aromatic rings. The number of unbranched alkanes of at least 4 members (excludes halogenated alkanes) is 7. The Labute approximate surface area is 123 Å². The summed E-state index contributed by atoms with van der Waals surface area (Å²) in [7, 11) is 0. The largest absolute Gasteiger partial charge is 0.0654 e. The summed E-state index contributed by atoms with van der Waals surface area (Å²) in [5.74, 6) is 2.74. The quantitative estimate of drug-likeness (QED) is 0.309. The van der Waals surface area contributed by atoms with Gasteiger partial charge < -0.3 is 0 Å². The third-order valence-electron chi connectivity index (χ3n) is 4.90. The van der Waals surface area contributed by atoms with Crippen molar-refractivity contribution in [3.63, 3.8) is 0 Å². The molecule has 0 aliphatic rings. The highest BCUT2D eigenvalue weighted by atomic mass is 14.2. The van der Waals surface area contributed by atoms with Crippen LogP contribution in [0, 0.1) is 17.8 Å². The summed E-state index contributed by atoms with van der Waals surface area (Å²) in [5.41, 5.74) is 0. The molecule has 0 fully saturated rings. The van der Waals surface area contributed by atoms with Crippen molar-refractivity contribution in [2.24, 2.45) is 17.8 Å². The number of hydrogen-bond acceptors (Lipinski definition) is 0. The van der Waals surface area contributed by atoms with Crippen molar-refractivity contribution in [1.29, 1.82) is 0 Å². The molecule has 0 aromatic heterocycles. The Hall–Kier alpha value is 0. The van der Waals surface area contributed by atoms with Gasteiger partial charge in [-0.25, -0.2) is 0 Å². The second-order valence-electron chi connectivity index (χ2n) is 6.92. The lowest BCUT2D eigenvalue weighted by molar-refractivity contribution is 0.237.